The Morgan fingerprint density at radius 3 is 2.63 bits per heavy atom. The van der Waals surface area contributed by atoms with E-state index in [9.17, 15) is 0 Å². The van der Waals surface area contributed by atoms with Crippen molar-refractivity contribution in [3.8, 4) is 11.5 Å². The van der Waals surface area contributed by atoms with Crippen molar-refractivity contribution in [1.82, 2.24) is 4.98 Å². The second kappa shape index (κ2) is 6.75. The summed E-state index contributed by atoms with van der Waals surface area (Å²) in [6.45, 7) is 2.95. The van der Waals surface area contributed by atoms with E-state index in [4.69, 9.17) is 15.2 Å². The smallest absolute Gasteiger partial charge is 0.137 e. The summed E-state index contributed by atoms with van der Waals surface area (Å²) in [5, 5.41) is 0. The molecule has 0 aliphatic rings. The molecule has 2 aromatic rings. The molecule has 0 aliphatic heterocycles. The molecule has 100 valence electrons. The van der Waals surface area contributed by atoms with Gasteiger partial charge in [0.05, 0.1) is 18.8 Å². The van der Waals surface area contributed by atoms with Crippen LogP contribution in [0.25, 0.3) is 0 Å². The minimum Gasteiger partial charge on any atom is -0.492 e. The molecule has 1 heterocycles. The number of hydrogen-bond acceptors (Lipinski definition) is 4. The van der Waals surface area contributed by atoms with Gasteiger partial charge < -0.3 is 15.2 Å². The molecule has 19 heavy (non-hydrogen) atoms. The van der Waals surface area contributed by atoms with Crippen LogP contribution in [0.4, 0.5) is 0 Å². The summed E-state index contributed by atoms with van der Waals surface area (Å²) in [6, 6.07) is 11.3. The third-order valence-electron chi connectivity index (χ3n) is 2.65. The van der Waals surface area contributed by atoms with Gasteiger partial charge in [0, 0.05) is 6.20 Å². The summed E-state index contributed by atoms with van der Waals surface area (Å²) >= 11 is 0. The van der Waals surface area contributed by atoms with Gasteiger partial charge in [0.25, 0.3) is 0 Å². The largest absolute Gasteiger partial charge is 0.492 e. The number of nitrogens with zero attached hydrogens (tertiary/aromatic N) is 1. The Labute approximate surface area is 113 Å². The van der Waals surface area contributed by atoms with Crippen molar-refractivity contribution in [2.75, 3.05) is 13.2 Å². The van der Waals surface area contributed by atoms with Crippen LogP contribution in [0.2, 0.25) is 0 Å². The highest BCUT2D eigenvalue weighted by atomic mass is 16.5. The van der Waals surface area contributed by atoms with Crippen molar-refractivity contribution in [3.63, 3.8) is 0 Å². The van der Waals surface area contributed by atoms with Crippen LogP contribution >= 0.6 is 0 Å². The van der Waals surface area contributed by atoms with Gasteiger partial charge in [-0.25, -0.2) is 0 Å². The van der Waals surface area contributed by atoms with E-state index in [0.717, 1.165) is 17.1 Å². The highest BCUT2D eigenvalue weighted by Crippen LogP contribution is 2.18. The van der Waals surface area contributed by atoms with Crippen LogP contribution in [-0.2, 0) is 0 Å². The van der Waals surface area contributed by atoms with E-state index in [-0.39, 0.29) is 6.04 Å². The maximum Gasteiger partial charge on any atom is 0.137 e. The number of pyridine rings is 1. The van der Waals surface area contributed by atoms with Crippen LogP contribution in [0.15, 0.2) is 48.8 Å². The van der Waals surface area contributed by atoms with Crippen LogP contribution in [-0.4, -0.2) is 18.2 Å². The first-order chi connectivity index (χ1) is 9.29. The normalized spacial score (nSPS) is 11.9. The fourth-order valence-corrected chi connectivity index (χ4v) is 1.68. The third kappa shape index (κ3) is 3.96. The van der Waals surface area contributed by atoms with Gasteiger partial charge in [0.15, 0.2) is 0 Å². The number of ether oxygens (including phenoxy) is 2. The zero-order chi connectivity index (χ0) is 13.5. The molecule has 0 aliphatic carbocycles. The second-order valence-corrected chi connectivity index (χ2v) is 4.12. The van der Waals surface area contributed by atoms with Gasteiger partial charge in [-0.15, -0.1) is 0 Å². The van der Waals surface area contributed by atoms with Crippen LogP contribution < -0.4 is 15.2 Å². The topological polar surface area (TPSA) is 57.4 Å². The summed E-state index contributed by atoms with van der Waals surface area (Å²) in [7, 11) is 0. The first kappa shape index (κ1) is 13.4. The van der Waals surface area contributed by atoms with Crippen molar-refractivity contribution in [2.24, 2.45) is 5.73 Å². The van der Waals surface area contributed by atoms with Gasteiger partial charge in [-0.05, 0) is 30.7 Å². The Morgan fingerprint density at radius 2 is 1.89 bits per heavy atom. The fraction of sp³-hybridized carbons (Fsp3) is 0.267. The zero-order valence-electron chi connectivity index (χ0n) is 11.0. The van der Waals surface area contributed by atoms with Gasteiger partial charge in [0.2, 0.25) is 0 Å². The van der Waals surface area contributed by atoms with E-state index in [1.54, 1.807) is 12.4 Å². The van der Waals surface area contributed by atoms with Crippen molar-refractivity contribution < 1.29 is 9.47 Å². The van der Waals surface area contributed by atoms with Crippen molar-refractivity contribution in [3.05, 3.63) is 54.4 Å². The highest BCUT2D eigenvalue weighted by Gasteiger charge is 2.08. The molecule has 0 spiro atoms. The lowest BCUT2D eigenvalue weighted by Crippen LogP contribution is -2.19. The Morgan fingerprint density at radius 1 is 1.11 bits per heavy atom. The molecule has 2 rings (SSSR count). The number of hydrogen-bond donors (Lipinski definition) is 1. The maximum atomic E-state index is 6.09. The number of para-hydroxylation sites is 1. The van der Waals surface area contributed by atoms with E-state index >= 15 is 0 Å². The first-order valence-electron chi connectivity index (χ1n) is 6.30. The van der Waals surface area contributed by atoms with Crippen molar-refractivity contribution in [2.45, 2.75) is 13.0 Å². The van der Waals surface area contributed by atoms with E-state index < -0.39 is 0 Å². The lowest BCUT2D eigenvalue weighted by molar-refractivity contribution is 0.289. The first-order valence-corrected chi connectivity index (χ1v) is 6.30. The monoisotopic (exact) mass is 258 g/mol. The molecule has 1 unspecified atom stereocenters. The van der Waals surface area contributed by atoms with Crippen LogP contribution in [0.5, 0.6) is 11.5 Å². The molecule has 4 nitrogen and oxygen atoms in total. The van der Waals surface area contributed by atoms with E-state index in [1.165, 1.54) is 0 Å². The summed E-state index contributed by atoms with van der Waals surface area (Å²) < 4.78 is 11.0. The van der Waals surface area contributed by atoms with E-state index in [0.29, 0.717) is 13.2 Å². The number of benzene rings is 1. The molecule has 0 radical (unpaired) electrons. The average Bonchev–Trinajstić information content (AvgIpc) is 2.46. The molecule has 1 aromatic carbocycles. The second-order valence-electron chi connectivity index (χ2n) is 4.12. The molecule has 0 saturated heterocycles. The molecule has 0 bridgehead atoms. The van der Waals surface area contributed by atoms with E-state index in [1.807, 2.05) is 43.3 Å². The van der Waals surface area contributed by atoms with Crippen LogP contribution in [0.1, 0.15) is 18.5 Å². The van der Waals surface area contributed by atoms with E-state index in [2.05, 4.69) is 4.98 Å². The summed E-state index contributed by atoms with van der Waals surface area (Å²) in [4.78, 5) is 4.12. The van der Waals surface area contributed by atoms with Gasteiger partial charge in [-0.3, -0.25) is 4.98 Å². The third-order valence-corrected chi connectivity index (χ3v) is 2.65. The number of nitrogens with two attached hydrogens (primary N) is 1. The molecule has 0 amide bonds. The SMILES string of the molecule is CCOc1cncc(C(N)COc2ccccc2)c1. The fourth-order valence-electron chi connectivity index (χ4n) is 1.68. The molecule has 1 atom stereocenters. The summed E-state index contributed by atoms with van der Waals surface area (Å²) in [5.41, 5.74) is 6.99. The quantitative estimate of drug-likeness (QED) is 0.865. The molecule has 0 fully saturated rings. The van der Waals surface area contributed by atoms with Gasteiger partial charge in [-0.2, -0.15) is 0 Å². The Balaban J connectivity index is 1.95. The van der Waals surface area contributed by atoms with Crippen LogP contribution in [0, 0.1) is 0 Å². The molecule has 2 N–H and O–H groups in total. The lowest BCUT2D eigenvalue weighted by Gasteiger charge is -2.14. The molecule has 1 aromatic heterocycles. The van der Waals surface area contributed by atoms with Crippen LogP contribution in [0.3, 0.4) is 0 Å². The van der Waals surface area contributed by atoms with Crippen molar-refractivity contribution >= 4 is 0 Å². The number of aromatic nitrogens is 1. The zero-order valence-corrected chi connectivity index (χ0v) is 11.0. The Kier molecular flexibility index (Phi) is 4.75. The molecular weight excluding hydrogens is 240 g/mol. The minimum atomic E-state index is -0.229. The van der Waals surface area contributed by atoms with Gasteiger partial charge in [0.1, 0.15) is 18.1 Å². The molecular formula is C15H18N2O2. The summed E-state index contributed by atoms with van der Waals surface area (Å²) in [6.07, 6.45) is 3.42. The van der Waals surface area contributed by atoms with Crippen molar-refractivity contribution in [1.29, 1.82) is 0 Å². The predicted molar refractivity (Wildman–Crippen MR) is 74.3 cm³/mol. The number of rotatable bonds is 6. The standard InChI is InChI=1S/C15H18N2O2/c1-2-18-14-8-12(9-17-10-14)15(16)11-19-13-6-4-3-5-7-13/h3-10,15H,2,11,16H2,1H3. The molecule has 0 saturated carbocycles. The molecule has 4 heteroatoms. The highest BCUT2D eigenvalue weighted by molar-refractivity contribution is 5.26. The summed E-state index contributed by atoms with van der Waals surface area (Å²) in [5.74, 6) is 1.54. The predicted octanol–water partition coefficient (Wildman–Crippen LogP) is 2.56. The lowest BCUT2D eigenvalue weighted by atomic mass is 10.1. The van der Waals surface area contributed by atoms with Gasteiger partial charge in [-0.1, -0.05) is 18.2 Å². The Hall–Kier alpha value is -2.07. The van der Waals surface area contributed by atoms with Gasteiger partial charge >= 0.3 is 0 Å². The minimum absolute atomic E-state index is 0.229. The average molecular weight is 258 g/mol. The Bertz CT molecular complexity index is 503. The maximum absolute atomic E-state index is 6.09.